The quantitative estimate of drug-likeness (QED) is 0.0694. The van der Waals surface area contributed by atoms with Crippen molar-refractivity contribution in [2.24, 2.45) is 11.0 Å². The van der Waals surface area contributed by atoms with Crippen molar-refractivity contribution in [3.05, 3.63) is 75.6 Å². The van der Waals surface area contributed by atoms with Crippen LogP contribution in [0.3, 0.4) is 0 Å². The number of ether oxygens (including phenoxy) is 3. The molecule has 0 aromatic carbocycles. The number of aromatic amines is 2. The van der Waals surface area contributed by atoms with Gasteiger partial charge in [0.15, 0.2) is 0 Å². The molecule has 2 aromatic rings. The van der Waals surface area contributed by atoms with Crippen LogP contribution in [0.2, 0.25) is 0 Å². The van der Waals surface area contributed by atoms with E-state index in [2.05, 4.69) is 25.1 Å². The van der Waals surface area contributed by atoms with Gasteiger partial charge in [-0.3, -0.25) is 33.5 Å². The summed E-state index contributed by atoms with van der Waals surface area (Å²) in [6.45, 7) is 2.23. The second-order valence-electron chi connectivity index (χ2n) is 11.9. The maximum absolute atomic E-state index is 12.8. The number of H-pyrrole nitrogens is 2. The number of esters is 1. The van der Waals surface area contributed by atoms with Gasteiger partial charge >= 0.3 is 17.3 Å². The normalized spacial score (nSPS) is 25.8. The molecule has 19 nitrogen and oxygen atoms in total. The number of rotatable bonds is 14. The minimum absolute atomic E-state index is 0.00491. The Balaban J connectivity index is 1.62. The van der Waals surface area contributed by atoms with Crippen LogP contribution >= 0.6 is 6.64 Å². The number of hydrogen-bond donors (Lipinski definition) is 4. The van der Waals surface area contributed by atoms with Gasteiger partial charge in [0.25, 0.3) is 17.8 Å². The minimum Gasteiger partial charge on any atom is -0.468 e. The second kappa shape index (κ2) is 15.8. The average molecular weight is 715 g/mol. The van der Waals surface area contributed by atoms with E-state index in [4.69, 9.17) is 35.1 Å². The van der Waals surface area contributed by atoms with Crippen molar-refractivity contribution in [2.75, 3.05) is 20.3 Å². The Labute approximate surface area is 278 Å². The molecule has 4 rings (SSSR count). The van der Waals surface area contributed by atoms with E-state index in [1.165, 1.54) is 42.5 Å². The molecule has 0 saturated carbocycles. The van der Waals surface area contributed by atoms with Crippen LogP contribution in [0.1, 0.15) is 56.7 Å². The third-order valence-corrected chi connectivity index (χ3v) is 10.4. The van der Waals surface area contributed by atoms with Crippen molar-refractivity contribution in [2.45, 2.75) is 89.8 Å². The summed E-state index contributed by atoms with van der Waals surface area (Å²) >= 11 is 5.91. The summed E-state index contributed by atoms with van der Waals surface area (Å²) in [5.41, 5.74) is 7.22. The zero-order valence-corrected chi connectivity index (χ0v) is 28.6. The van der Waals surface area contributed by atoms with E-state index in [1.54, 1.807) is 0 Å². The number of nitrogens with one attached hydrogen (secondary N) is 3. The van der Waals surface area contributed by atoms with Crippen LogP contribution in [0.15, 0.2) is 36.7 Å². The van der Waals surface area contributed by atoms with E-state index in [0.29, 0.717) is 0 Å². The first-order valence-corrected chi connectivity index (χ1v) is 17.7. The fraction of sp³-hybridized carbons (Fsp3) is 0.667. The third kappa shape index (κ3) is 8.76. The Bertz CT molecular complexity index is 1820. The Hall–Kier alpha value is -3.45. The van der Waals surface area contributed by atoms with Gasteiger partial charge in [0.2, 0.25) is 0 Å². The summed E-state index contributed by atoms with van der Waals surface area (Å²) < 4.78 is 31.8. The molecule has 8 atom stereocenters. The van der Waals surface area contributed by atoms with Crippen molar-refractivity contribution in [1.29, 1.82) is 0 Å². The lowest BCUT2D eigenvalue weighted by atomic mass is 10.1. The number of methoxy groups -OCH3 is 1. The zero-order valence-electron chi connectivity index (χ0n) is 26.9. The molecule has 2 aliphatic rings. The van der Waals surface area contributed by atoms with Gasteiger partial charge < -0.3 is 28.4 Å². The van der Waals surface area contributed by atoms with Gasteiger partial charge in [0.1, 0.15) is 24.6 Å². The second-order valence-corrected chi connectivity index (χ2v) is 15.1. The average Bonchev–Trinajstić information content (AvgIpc) is 3.62. The molecule has 0 spiro atoms. The smallest absolute Gasteiger partial charge is 0.330 e. The fourth-order valence-electron chi connectivity index (χ4n) is 5.42. The number of nitrogens with zero attached hydrogens (tertiary/aromatic N) is 5. The summed E-state index contributed by atoms with van der Waals surface area (Å²) in [6, 6.07) is -1.79. The summed E-state index contributed by atoms with van der Waals surface area (Å²) in [5, 5.41) is 17.0. The van der Waals surface area contributed by atoms with Crippen LogP contribution in [0.25, 0.3) is 10.4 Å². The molecule has 2 saturated heterocycles. The summed E-state index contributed by atoms with van der Waals surface area (Å²) in [5.74, 6) is -0.617. The maximum atomic E-state index is 12.8. The van der Waals surface area contributed by atoms with Gasteiger partial charge in [-0.25, -0.2) is 14.7 Å². The van der Waals surface area contributed by atoms with Gasteiger partial charge in [0, 0.05) is 41.3 Å². The highest BCUT2D eigenvalue weighted by Gasteiger charge is 2.43. The number of aliphatic hydroxyl groups excluding tert-OH is 1. The predicted molar refractivity (Wildman–Crippen MR) is 173 cm³/mol. The van der Waals surface area contributed by atoms with Gasteiger partial charge in [-0.15, -0.1) is 0 Å². The molecular formula is C27H39N8O11PS. The molecule has 21 heteroatoms. The number of carbonyl (C=O) groups excluding carboxylic acids is 1. The number of aromatic nitrogens is 4. The van der Waals surface area contributed by atoms with Crippen molar-refractivity contribution in [1.82, 2.24) is 24.2 Å². The number of carbonyl (C=O) groups is 1. The van der Waals surface area contributed by atoms with Crippen molar-refractivity contribution >= 4 is 24.4 Å². The summed E-state index contributed by atoms with van der Waals surface area (Å²) in [4.78, 5) is 69.1. The molecule has 2 aromatic heterocycles. The van der Waals surface area contributed by atoms with Crippen molar-refractivity contribution < 1.29 is 33.2 Å². The van der Waals surface area contributed by atoms with Crippen LogP contribution in [0.4, 0.5) is 0 Å². The first kappa shape index (κ1) is 37.4. The maximum Gasteiger partial charge on any atom is 0.330 e. The van der Waals surface area contributed by atoms with Crippen molar-refractivity contribution in [3.63, 3.8) is 0 Å². The number of aliphatic hydroxyl groups is 1. The van der Waals surface area contributed by atoms with Crippen LogP contribution in [-0.4, -0.2) is 80.9 Å². The number of hydrogen-bond acceptors (Lipinski definition) is 13. The summed E-state index contributed by atoms with van der Waals surface area (Å²) in [7, 11) is 1.22. The lowest BCUT2D eigenvalue weighted by Gasteiger charge is -2.32. The standard InChI is InChI=1S/C27H39N8O11PS/c1-13(2)6-17(25(39)42-5)32-47(48,46-18-8-22(44-19(18)11-36)35-10-15(4)24(38)30-27(35)41)43-12-20-16(31-33-28)7-21(45-20)34-9-14(3)23(37)29-26(34)40/h9-10,13,16-22,36H,6-8,11-12H2,1-5H3,(H,32,48)(H,29,37,40)(H,30,38,41)/t16-,17-,18-,19+,20+,21+,22+,47?/m0/s1. The van der Waals surface area contributed by atoms with Crippen LogP contribution in [0.5, 0.6) is 0 Å². The molecule has 48 heavy (non-hydrogen) atoms. The highest BCUT2D eigenvalue weighted by molar-refractivity contribution is 8.09. The lowest BCUT2D eigenvalue weighted by molar-refractivity contribution is -0.143. The molecule has 264 valence electrons. The molecule has 0 radical (unpaired) electrons. The van der Waals surface area contributed by atoms with E-state index in [9.17, 15) is 34.6 Å². The Morgan fingerprint density at radius 1 is 1.10 bits per heavy atom. The molecule has 4 N–H and O–H groups in total. The van der Waals surface area contributed by atoms with E-state index >= 15 is 0 Å². The van der Waals surface area contributed by atoms with Gasteiger partial charge in [-0.1, -0.05) is 19.0 Å². The zero-order chi connectivity index (χ0) is 35.3. The Kier molecular flexibility index (Phi) is 12.3. The Morgan fingerprint density at radius 2 is 1.67 bits per heavy atom. The number of aryl methyl sites for hydroxylation is 2. The molecule has 1 unspecified atom stereocenters. The molecule has 2 aliphatic heterocycles. The van der Waals surface area contributed by atoms with Crippen LogP contribution < -0.4 is 27.6 Å². The van der Waals surface area contributed by atoms with E-state index in [0.717, 1.165) is 0 Å². The first-order valence-electron chi connectivity index (χ1n) is 15.1. The topological polar surface area (TPSA) is 254 Å². The lowest BCUT2D eigenvalue weighted by Crippen LogP contribution is -2.40. The largest absolute Gasteiger partial charge is 0.468 e. The SMILES string of the molecule is COC(=O)[C@H](CC(C)C)NP(=S)(OC[C@H]1O[C@@H](n2cc(C)c(=O)[nH]c2=O)C[C@@H]1N=[N+]=[N-])O[C@H]1C[C@H](n2cc(C)c(=O)[nH]c2=O)O[C@@H]1CO. The predicted octanol–water partition coefficient (Wildman–Crippen LogP) is 0.753. The van der Waals surface area contributed by atoms with Gasteiger partial charge in [-0.05, 0) is 43.5 Å². The molecule has 4 heterocycles. The van der Waals surface area contributed by atoms with E-state index in [-0.39, 0.29) is 42.9 Å². The molecule has 0 aliphatic carbocycles. The fourth-order valence-corrected chi connectivity index (χ4v) is 8.03. The van der Waals surface area contributed by atoms with Crippen LogP contribution in [-0.2, 0) is 39.9 Å². The monoisotopic (exact) mass is 714 g/mol. The minimum atomic E-state index is -3.74. The van der Waals surface area contributed by atoms with E-state index in [1.807, 2.05) is 13.8 Å². The first-order chi connectivity index (χ1) is 22.7. The third-order valence-electron chi connectivity index (χ3n) is 7.87. The van der Waals surface area contributed by atoms with Gasteiger partial charge in [-0.2, -0.15) is 0 Å². The summed E-state index contributed by atoms with van der Waals surface area (Å²) in [6.07, 6.45) is -1.72. The van der Waals surface area contributed by atoms with Crippen LogP contribution in [0, 0.1) is 19.8 Å². The molecule has 0 amide bonds. The molecule has 0 bridgehead atoms. The van der Waals surface area contributed by atoms with Crippen molar-refractivity contribution in [3.8, 4) is 0 Å². The van der Waals surface area contributed by atoms with E-state index < -0.39 is 84.6 Å². The number of azide groups is 1. The highest BCUT2D eigenvalue weighted by atomic mass is 32.5. The highest BCUT2D eigenvalue weighted by Crippen LogP contribution is 2.50. The molecule has 2 fully saturated rings. The molecular weight excluding hydrogens is 675 g/mol. The van der Waals surface area contributed by atoms with Gasteiger partial charge in [0.05, 0.1) is 38.6 Å². The Morgan fingerprint density at radius 3 is 2.19 bits per heavy atom.